The maximum absolute atomic E-state index is 12.0. The second-order valence-corrected chi connectivity index (χ2v) is 5.77. The molecule has 0 spiro atoms. The molecule has 0 bridgehead atoms. The van der Waals surface area contributed by atoms with E-state index >= 15 is 0 Å². The molecule has 6 heteroatoms. The number of nitrogens with one attached hydrogen (secondary N) is 2. The average Bonchev–Trinajstić information content (AvgIpc) is 2.43. The third kappa shape index (κ3) is 7.08. The summed E-state index contributed by atoms with van der Waals surface area (Å²) in [6, 6.07) is 8.80. The highest BCUT2D eigenvalue weighted by atomic mass is 16.6. The standard InChI is InChI=1S/C16H24N2O4/c1-5-21-14(19)13(11-12-9-7-6-8-10-12)17-18-15(20)22-16(2,3)4/h6-10,13,17H,5,11H2,1-4H3,(H,18,20). The lowest BCUT2D eigenvalue weighted by Crippen LogP contribution is -2.51. The fourth-order valence-corrected chi connectivity index (χ4v) is 1.74. The first-order chi connectivity index (χ1) is 10.3. The van der Waals surface area contributed by atoms with E-state index in [1.807, 2.05) is 30.3 Å². The van der Waals surface area contributed by atoms with Gasteiger partial charge >= 0.3 is 12.1 Å². The molecule has 2 N–H and O–H groups in total. The van der Waals surface area contributed by atoms with Gasteiger partial charge in [-0.3, -0.25) is 10.2 Å². The quantitative estimate of drug-likeness (QED) is 0.622. The van der Waals surface area contributed by atoms with Crippen molar-refractivity contribution in [2.24, 2.45) is 0 Å². The fraction of sp³-hybridized carbons (Fsp3) is 0.500. The number of carbonyl (C=O) groups is 2. The van der Waals surface area contributed by atoms with Crippen LogP contribution in [-0.2, 0) is 20.7 Å². The van der Waals surface area contributed by atoms with Crippen molar-refractivity contribution < 1.29 is 19.1 Å². The molecule has 0 saturated heterocycles. The maximum atomic E-state index is 12.0. The van der Waals surface area contributed by atoms with Crippen LogP contribution in [0, 0.1) is 0 Å². The van der Waals surface area contributed by atoms with Gasteiger partial charge in [0.2, 0.25) is 0 Å². The van der Waals surface area contributed by atoms with Crippen molar-refractivity contribution in [3.05, 3.63) is 35.9 Å². The van der Waals surface area contributed by atoms with Crippen LogP contribution in [0.25, 0.3) is 0 Å². The van der Waals surface area contributed by atoms with E-state index in [9.17, 15) is 9.59 Å². The van der Waals surface area contributed by atoms with E-state index in [2.05, 4.69) is 10.9 Å². The molecular formula is C16H24N2O4. The molecule has 1 rings (SSSR count). The zero-order chi connectivity index (χ0) is 16.6. The Morgan fingerprint density at radius 2 is 1.82 bits per heavy atom. The monoisotopic (exact) mass is 308 g/mol. The average molecular weight is 308 g/mol. The molecule has 6 nitrogen and oxygen atoms in total. The molecule has 0 aliphatic rings. The third-order valence-corrected chi connectivity index (χ3v) is 2.60. The predicted molar refractivity (Wildman–Crippen MR) is 83.1 cm³/mol. The number of rotatable bonds is 6. The molecule has 0 aliphatic carbocycles. The number of hydrogen-bond donors (Lipinski definition) is 2. The molecule has 1 unspecified atom stereocenters. The van der Waals surface area contributed by atoms with Crippen LogP contribution in [0.15, 0.2) is 30.3 Å². The Labute approximate surface area is 131 Å². The Bertz CT molecular complexity index is 483. The van der Waals surface area contributed by atoms with Gasteiger partial charge in [-0.05, 0) is 33.3 Å². The Morgan fingerprint density at radius 3 is 2.36 bits per heavy atom. The highest BCUT2D eigenvalue weighted by molar-refractivity contribution is 5.77. The molecule has 0 heterocycles. The molecule has 1 aromatic carbocycles. The molecule has 0 saturated carbocycles. The van der Waals surface area contributed by atoms with Gasteiger partial charge in [-0.2, -0.15) is 0 Å². The fourth-order valence-electron chi connectivity index (χ4n) is 1.74. The van der Waals surface area contributed by atoms with Crippen molar-refractivity contribution in [2.45, 2.75) is 45.8 Å². The van der Waals surface area contributed by atoms with E-state index in [4.69, 9.17) is 9.47 Å². The van der Waals surface area contributed by atoms with Crippen molar-refractivity contribution in [1.29, 1.82) is 0 Å². The highest BCUT2D eigenvalue weighted by Crippen LogP contribution is 2.07. The first kappa shape index (κ1) is 18.0. The Morgan fingerprint density at radius 1 is 1.18 bits per heavy atom. The second kappa shape index (κ2) is 8.38. The SMILES string of the molecule is CCOC(=O)C(Cc1ccccc1)NNC(=O)OC(C)(C)C. The lowest BCUT2D eigenvalue weighted by molar-refractivity contribution is -0.145. The normalized spacial score (nSPS) is 12.4. The summed E-state index contributed by atoms with van der Waals surface area (Å²) in [4.78, 5) is 23.6. The van der Waals surface area contributed by atoms with Crippen LogP contribution in [-0.4, -0.2) is 30.3 Å². The minimum absolute atomic E-state index is 0.276. The van der Waals surface area contributed by atoms with Crippen LogP contribution in [0.1, 0.15) is 33.3 Å². The summed E-state index contributed by atoms with van der Waals surface area (Å²) in [5.74, 6) is -0.428. The second-order valence-electron chi connectivity index (χ2n) is 5.77. The van der Waals surface area contributed by atoms with E-state index in [-0.39, 0.29) is 6.61 Å². The van der Waals surface area contributed by atoms with Crippen LogP contribution < -0.4 is 10.9 Å². The van der Waals surface area contributed by atoms with Gasteiger partial charge in [-0.15, -0.1) is 0 Å². The van der Waals surface area contributed by atoms with Gasteiger partial charge < -0.3 is 9.47 Å². The summed E-state index contributed by atoms with van der Waals surface area (Å²) in [7, 11) is 0. The largest absolute Gasteiger partial charge is 0.465 e. The van der Waals surface area contributed by atoms with Gasteiger partial charge in [0.15, 0.2) is 0 Å². The summed E-state index contributed by atoms with van der Waals surface area (Å²) in [5.41, 5.74) is 5.41. The summed E-state index contributed by atoms with van der Waals surface area (Å²) in [5, 5.41) is 0. The molecule has 1 aromatic rings. The number of ether oxygens (including phenoxy) is 2. The molecule has 22 heavy (non-hydrogen) atoms. The molecule has 0 radical (unpaired) electrons. The number of carbonyl (C=O) groups excluding carboxylic acids is 2. The summed E-state index contributed by atoms with van der Waals surface area (Å²) in [6.07, 6.45) is -0.245. The van der Waals surface area contributed by atoms with E-state index in [1.165, 1.54) is 0 Å². The smallest absolute Gasteiger partial charge is 0.422 e. The highest BCUT2D eigenvalue weighted by Gasteiger charge is 2.22. The van der Waals surface area contributed by atoms with Gasteiger partial charge in [0.25, 0.3) is 0 Å². The number of esters is 1. The molecule has 122 valence electrons. The van der Waals surface area contributed by atoms with Crippen LogP contribution in [0.5, 0.6) is 0 Å². The van der Waals surface area contributed by atoms with Crippen LogP contribution in [0.4, 0.5) is 4.79 Å². The third-order valence-electron chi connectivity index (χ3n) is 2.60. The van der Waals surface area contributed by atoms with Crippen molar-refractivity contribution in [3.63, 3.8) is 0 Å². The van der Waals surface area contributed by atoms with E-state index < -0.39 is 23.7 Å². The zero-order valence-electron chi connectivity index (χ0n) is 13.5. The Balaban J connectivity index is 2.62. The van der Waals surface area contributed by atoms with Crippen molar-refractivity contribution in [3.8, 4) is 0 Å². The molecule has 0 fully saturated rings. The van der Waals surface area contributed by atoms with E-state index in [1.54, 1.807) is 27.7 Å². The van der Waals surface area contributed by atoms with Gasteiger partial charge in [-0.25, -0.2) is 10.2 Å². The van der Waals surface area contributed by atoms with E-state index in [0.717, 1.165) is 5.56 Å². The van der Waals surface area contributed by atoms with Gasteiger partial charge in [0.05, 0.1) is 6.61 Å². The topological polar surface area (TPSA) is 76.7 Å². The molecule has 1 amide bonds. The van der Waals surface area contributed by atoms with Crippen molar-refractivity contribution in [1.82, 2.24) is 10.9 Å². The first-order valence-corrected chi connectivity index (χ1v) is 7.27. The van der Waals surface area contributed by atoms with Crippen LogP contribution in [0.2, 0.25) is 0 Å². The summed E-state index contributed by atoms with van der Waals surface area (Å²) >= 11 is 0. The number of amides is 1. The van der Waals surface area contributed by atoms with E-state index in [0.29, 0.717) is 6.42 Å². The lowest BCUT2D eigenvalue weighted by atomic mass is 10.1. The molecule has 1 atom stereocenters. The van der Waals surface area contributed by atoms with Crippen LogP contribution >= 0.6 is 0 Å². The molecule has 0 aliphatic heterocycles. The number of benzene rings is 1. The molecular weight excluding hydrogens is 284 g/mol. The Hall–Kier alpha value is -2.08. The van der Waals surface area contributed by atoms with Crippen molar-refractivity contribution in [2.75, 3.05) is 6.61 Å². The number of hydrogen-bond acceptors (Lipinski definition) is 5. The lowest BCUT2D eigenvalue weighted by Gasteiger charge is -2.22. The Kier molecular flexibility index (Phi) is 6.85. The minimum Gasteiger partial charge on any atom is -0.465 e. The maximum Gasteiger partial charge on any atom is 0.422 e. The zero-order valence-corrected chi connectivity index (χ0v) is 13.5. The summed E-state index contributed by atoms with van der Waals surface area (Å²) < 4.78 is 10.1. The van der Waals surface area contributed by atoms with Gasteiger partial charge in [-0.1, -0.05) is 30.3 Å². The van der Waals surface area contributed by atoms with Crippen molar-refractivity contribution >= 4 is 12.1 Å². The number of hydrazine groups is 1. The van der Waals surface area contributed by atoms with Gasteiger partial charge in [0.1, 0.15) is 11.6 Å². The van der Waals surface area contributed by atoms with Crippen LogP contribution in [0.3, 0.4) is 0 Å². The summed E-state index contributed by atoms with van der Waals surface area (Å²) in [6.45, 7) is 7.30. The van der Waals surface area contributed by atoms with Gasteiger partial charge in [0, 0.05) is 6.42 Å². The molecule has 0 aromatic heterocycles. The minimum atomic E-state index is -0.685. The predicted octanol–water partition coefficient (Wildman–Crippen LogP) is 2.19. The first-order valence-electron chi connectivity index (χ1n) is 7.27.